The van der Waals surface area contributed by atoms with Crippen molar-refractivity contribution in [2.24, 2.45) is 5.73 Å². The van der Waals surface area contributed by atoms with Crippen molar-refractivity contribution in [2.45, 2.75) is 53.5 Å². The number of nitrogens with two attached hydrogens (primary N) is 1. The molecule has 2 saturated heterocycles. The highest BCUT2D eigenvalue weighted by Gasteiger charge is 2.56. The number of carbonyl (C=O) groups is 4. The fraction of sp³-hybridized carbons (Fsp3) is 0.312. The van der Waals surface area contributed by atoms with Gasteiger partial charge in [-0.25, -0.2) is 22.4 Å². The van der Waals surface area contributed by atoms with Crippen molar-refractivity contribution < 1.29 is 37.1 Å². The quantitative estimate of drug-likeness (QED) is 0.325. The number of urea groups is 1. The summed E-state index contributed by atoms with van der Waals surface area (Å²) in [5, 5.41) is 11.2. The van der Waals surface area contributed by atoms with Crippen LogP contribution in [0.3, 0.4) is 0 Å². The summed E-state index contributed by atoms with van der Waals surface area (Å²) >= 11 is 0. The lowest BCUT2D eigenvalue weighted by Gasteiger charge is -2.36. The number of nitrogens with one attached hydrogen (secondary N) is 1. The smallest absolute Gasteiger partial charge is 0.334 e. The lowest BCUT2D eigenvalue weighted by Crippen LogP contribution is -2.57. The third-order valence-corrected chi connectivity index (χ3v) is 10.7. The number of halogens is 1. The minimum atomic E-state index is -4.28. The number of hydrogen-bond donors (Lipinski definition) is 3. The van der Waals surface area contributed by atoms with E-state index in [2.05, 4.69) is 5.32 Å². The fourth-order valence-corrected chi connectivity index (χ4v) is 8.34. The van der Waals surface area contributed by atoms with Crippen molar-refractivity contribution >= 4 is 33.7 Å². The van der Waals surface area contributed by atoms with Crippen LogP contribution in [-0.4, -0.2) is 71.5 Å². The lowest BCUT2D eigenvalue weighted by molar-refractivity contribution is -0.152. The Balaban J connectivity index is 1.69. The number of nitrogens with zero attached hydrogens (tertiary/aromatic N) is 2. The molecule has 0 spiro atoms. The van der Waals surface area contributed by atoms with Gasteiger partial charge in [-0.05, 0) is 43.0 Å². The van der Waals surface area contributed by atoms with E-state index >= 15 is 4.39 Å². The highest BCUT2D eigenvalue weighted by Crippen LogP contribution is 2.45. The number of hydrogen-bond acceptors (Lipinski definition) is 6. The van der Waals surface area contributed by atoms with E-state index in [9.17, 15) is 32.7 Å². The number of likely N-dealkylation sites (tertiary alicyclic amines) is 2. The first-order valence-electron chi connectivity index (χ1n) is 14.5. The first kappa shape index (κ1) is 31.6. The number of rotatable bonds is 9. The number of aliphatic carboxylic acids is 1. The standard InChI is InChI=1S/C32H33FN4O7S/c33-24-16-8-7-15-23(24)28-26(45(43,44)22-13-5-2-6-14-22)19-25(29(39)36-17-9-10-18-36)37(28)27(38)20-32(30(40)41,35-31(34)42)21-11-3-1-4-12-21/h1-8,11-16,25-26,28H,9-10,17-20H2,(H,40,41)(H3,34,35,42). The third-order valence-electron chi connectivity index (χ3n) is 8.51. The Morgan fingerprint density at radius 3 is 2.07 bits per heavy atom. The number of amides is 4. The van der Waals surface area contributed by atoms with Crippen molar-refractivity contribution in [3.05, 3.63) is 102 Å². The predicted octanol–water partition coefficient (Wildman–Crippen LogP) is 2.97. The van der Waals surface area contributed by atoms with Crippen molar-refractivity contribution in [1.29, 1.82) is 0 Å². The van der Waals surface area contributed by atoms with Gasteiger partial charge in [0.15, 0.2) is 15.4 Å². The molecule has 236 valence electrons. The van der Waals surface area contributed by atoms with Crippen molar-refractivity contribution in [1.82, 2.24) is 15.1 Å². The Hall–Kier alpha value is -4.78. The number of primary amides is 1. The van der Waals surface area contributed by atoms with Gasteiger partial charge in [-0.2, -0.15) is 0 Å². The summed E-state index contributed by atoms with van der Waals surface area (Å²) in [4.78, 5) is 56.0. The topological polar surface area (TPSA) is 167 Å². The van der Waals surface area contributed by atoms with Gasteiger partial charge in [0, 0.05) is 18.7 Å². The minimum absolute atomic E-state index is 0.0159. The highest BCUT2D eigenvalue weighted by molar-refractivity contribution is 7.92. The van der Waals surface area contributed by atoms with Gasteiger partial charge in [-0.3, -0.25) is 9.59 Å². The summed E-state index contributed by atoms with van der Waals surface area (Å²) < 4.78 is 44.0. The molecular formula is C32H33FN4O7S. The summed E-state index contributed by atoms with van der Waals surface area (Å²) in [6.07, 6.45) is 0.134. The number of carboxylic acid groups (broad SMARTS) is 1. The van der Waals surface area contributed by atoms with Crippen LogP contribution in [0.4, 0.5) is 9.18 Å². The van der Waals surface area contributed by atoms with Gasteiger partial charge in [-0.15, -0.1) is 0 Å². The SMILES string of the molecule is NC(=O)NC(CC(=O)N1C(C(=O)N2CCCC2)CC(S(=O)(=O)c2ccccc2)C1c1ccccc1F)(C(=O)O)c1ccccc1. The van der Waals surface area contributed by atoms with Crippen molar-refractivity contribution in [2.75, 3.05) is 13.1 Å². The zero-order valence-corrected chi connectivity index (χ0v) is 25.0. The van der Waals surface area contributed by atoms with E-state index in [1.54, 1.807) is 12.1 Å². The molecule has 4 unspecified atom stereocenters. The van der Waals surface area contributed by atoms with E-state index in [4.69, 9.17) is 5.73 Å². The van der Waals surface area contributed by atoms with Crippen LogP contribution in [0.15, 0.2) is 89.8 Å². The first-order chi connectivity index (χ1) is 21.5. The Labute approximate surface area is 259 Å². The Morgan fingerprint density at radius 2 is 1.49 bits per heavy atom. The summed E-state index contributed by atoms with van der Waals surface area (Å²) in [5.41, 5.74) is 2.88. The van der Waals surface area contributed by atoms with Crippen molar-refractivity contribution in [3.8, 4) is 0 Å². The molecule has 0 bridgehead atoms. The third kappa shape index (κ3) is 5.99. The second-order valence-electron chi connectivity index (χ2n) is 11.2. The molecule has 13 heteroatoms. The van der Waals surface area contributed by atoms with Gasteiger partial charge in [0.25, 0.3) is 0 Å². The Morgan fingerprint density at radius 1 is 0.911 bits per heavy atom. The molecule has 5 rings (SSSR count). The van der Waals surface area contributed by atoms with Crippen LogP contribution in [0.5, 0.6) is 0 Å². The zero-order valence-electron chi connectivity index (χ0n) is 24.2. The van der Waals surface area contributed by atoms with Crippen LogP contribution >= 0.6 is 0 Å². The number of carboxylic acids is 1. The van der Waals surface area contributed by atoms with E-state index < -0.39 is 68.8 Å². The van der Waals surface area contributed by atoms with E-state index in [-0.39, 0.29) is 22.4 Å². The molecule has 11 nitrogen and oxygen atoms in total. The summed E-state index contributed by atoms with van der Waals surface area (Å²) in [5.74, 6) is -3.91. The molecule has 2 aliphatic heterocycles. The van der Waals surface area contributed by atoms with Crippen LogP contribution in [-0.2, 0) is 29.8 Å². The maximum Gasteiger partial charge on any atom is 0.334 e. The van der Waals surface area contributed by atoms with E-state index in [0.29, 0.717) is 25.9 Å². The van der Waals surface area contributed by atoms with Gasteiger partial charge >= 0.3 is 12.0 Å². The van der Waals surface area contributed by atoms with Crippen LogP contribution in [0.2, 0.25) is 0 Å². The predicted molar refractivity (Wildman–Crippen MR) is 161 cm³/mol. The second-order valence-corrected chi connectivity index (χ2v) is 13.4. The second kappa shape index (κ2) is 12.7. The number of carbonyl (C=O) groups excluding carboxylic acids is 3. The zero-order chi connectivity index (χ0) is 32.4. The lowest BCUT2D eigenvalue weighted by atomic mass is 9.85. The molecular weight excluding hydrogens is 603 g/mol. The van der Waals surface area contributed by atoms with Crippen LogP contribution in [0.25, 0.3) is 0 Å². The maximum absolute atomic E-state index is 15.6. The average Bonchev–Trinajstić information content (AvgIpc) is 3.71. The molecule has 2 aliphatic rings. The molecule has 45 heavy (non-hydrogen) atoms. The van der Waals surface area contributed by atoms with Gasteiger partial charge < -0.3 is 26.0 Å². The molecule has 4 atom stereocenters. The molecule has 0 aliphatic carbocycles. The monoisotopic (exact) mass is 636 g/mol. The molecule has 0 radical (unpaired) electrons. The Kier molecular flexibility index (Phi) is 8.91. The van der Waals surface area contributed by atoms with Crippen LogP contribution in [0, 0.1) is 5.82 Å². The van der Waals surface area contributed by atoms with Gasteiger partial charge in [0.1, 0.15) is 11.9 Å². The minimum Gasteiger partial charge on any atom is -0.479 e. The summed E-state index contributed by atoms with van der Waals surface area (Å²) in [6.45, 7) is 0.786. The van der Waals surface area contributed by atoms with E-state index in [1.165, 1.54) is 71.6 Å². The fourth-order valence-electron chi connectivity index (χ4n) is 6.40. The molecule has 0 saturated carbocycles. The van der Waals surface area contributed by atoms with Crippen LogP contribution in [0.1, 0.15) is 42.9 Å². The normalized spacial score (nSPS) is 21.2. The van der Waals surface area contributed by atoms with Crippen molar-refractivity contribution in [3.63, 3.8) is 0 Å². The van der Waals surface area contributed by atoms with Crippen LogP contribution < -0.4 is 11.1 Å². The van der Waals surface area contributed by atoms with E-state index in [0.717, 1.165) is 11.0 Å². The summed E-state index contributed by atoms with van der Waals surface area (Å²) in [7, 11) is -4.28. The van der Waals surface area contributed by atoms with Gasteiger partial charge in [0.05, 0.1) is 22.6 Å². The first-order valence-corrected chi connectivity index (χ1v) is 16.0. The largest absolute Gasteiger partial charge is 0.479 e. The van der Waals surface area contributed by atoms with E-state index in [1.807, 2.05) is 0 Å². The molecule has 0 aromatic heterocycles. The Bertz CT molecular complexity index is 1700. The maximum atomic E-state index is 15.6. The molecule has 3 aromatic carbocycles. The molecule has 4 N–H and O–H groups in total. The molecule has 3 aromatic rings. The van der Waals surface area contributed by atoms with Gasteiger partial charge in [-0.1, -0.05) is 66.7 Å². The average molecular weight is 637 g/mol. The molecule has 2 fully saturated rings. The number of benzene rings is 3. The van der Waals surface area contributed by atoms with Gasteiger partial charge in [0.2, 0.25) is 11.8 Å². The number of sulfone groups is 1. The summed E-state index contributed by atoms with van der Waals surface area (Å²) in [6, 6.07) is 16.2. The molecule has 4 amide bonds. The highest BCUT2D eigenvalue weighted by atomic mass is 32.2. The molecule has 2 heterocycles.